The maximum Gasteiger partial charge on any atom is 0.287 e. The van der Waals surface area contributed by atoms with Gasteiger partial charge in [-0.15, -0.1) is 0 Å². The van der Waals surface area contributed by atoms with Crippen LogP contribution in [0.3, 0.4) is 0 Å². The largest absolute Gasteiger partial charge is 0.486 e. The van der Waals surface area contributed by atoms with Crippen LogP contribution >= 0.6 is 0 Å². The highest BCUT2D eigenvalue weighted by Gasteiger charge is 2.37. The molecule has 0 bridgehead atoms. The predicted octanol–water partition coefficient (Wildman–Crippen LogP) is 5.18. The Morgan fingerprint density at radius 3 is 2.75 bits per heavy atom. The summed E-state index contributed by atoms with van der Waals surface area (Å²) >= 11 is 0. The lowest BCUT2D eigenvalue weighted by molar-refractivity contribution is 0.0503. The van der Waals surface area contributed by atoms with Crippen molar-refractivity contribution in [1.82, 2.24) is 5.32 Å². The zero-order chi connectivity index (χ0) is 20.1. The third kappa shape index (κ3) is 3.11. The van der Waals surface area contributed by atoms with Crippen molar-refractivity contribution in [2.45, 2.75) is 77.9 Å². The van der Waals surface area contributed by atoms with Gasteiger partial charge >= 0.3 is 0 Å². The van der Waals surface area contributed by atoms with E-state index in [2.05, 4.69) is 12.2 Å². The molecule has 1 aliphatic heterocycles. The number of carbonyl (C=O) groups excluding carboxylic acids is 2. The van der Waals surface area contributed by atoms with E-state index in [0.717, 1.165) is 25.7 Å². The third-order valence-electron chi connectivity index (χ3n) is 6.61. The van der Waals surface area contributed by atoms with Crippen LogP contribution in [0.15, 0.2) is 16.5 Å². The van der Waals surface area contributed by atoms with Crippen LogP contribution in [0.5, 0.6) is 5.75 Å². The Bertz CT molecular complexity index is 944. The molecule has 3 atom stereocenters. The van der Waals surface area contributed by atoms with Gasteiger partial charge in [0.15, 0.2) is 11.5 Å². The Morgan fingerprint density at radius 1 is 1.29 bits per heavy atom. The number of fused-ring (bicyclic) bond motifs is 3. The summed E-state index contributed by atoms with van der Waals surface area (Å²) < 4.78 is 12.1. The quantitative estimate of drug-likeness (QED) is 0.792. The first kappa shape index (κ1) is 19.0. The number of carbonyl (C=O) groups is 2. The summed E-state index contributed by atoms with van der Waals surface area (Å²) in [6.07, 6.45) is 5.60. The molecule has 2 aliphatic rings. The van der Waals surface area contributed by atoms with E-state index in [4.69, 9.17) is 9.15 Å². The molecule has 1 aromatic heterocycles. The molecule has 150 valence electrons. The Morgan fingerprint density at radius 2 is 2.04 bits per heavy atom. The second-order valence-electron chi connectivity index (χ2n) is 8.72. The molecule has 1 fully saturated rings. The molecule has 1 aromatic carbocycles. The zero-order valence-corrected chi connectivity index (χ0v) is 17.2. The fourth-order valence-electron chi connectivity index (χ4n) is 4.59. The molecule has 0 radical (unpaired) electrons. The number of amides is 1. The highest BCUT2D eigenvalue weighted by molar-refractivity contribution is 6.13. The molecule has 0 unspecified atom stereocenters. The van der Waals surface area contributed by atoms with E-state index in [1.807, 2.05) is 20.8 Å². The van der Waals surface area contributed by atoms with E-state index in [1.165, 1.54) is 6.42 Å². The van der Waals surface area contributed by atoms with E-state index in [9.17, 15) is 9.59 Å². The van der Waals surface area contributed by atoms with Gasteiger partial charge in [-0.2, -0.15) is 0 Å². The van der Waals surface area contributed by atoms with Crippen molar-refractivity contribution in [2.24, 2.45) is 5.92 Å². The number of nitrogens with one attached hydrogen (secondary N) is 1. The molecular formula is C23H29NO4. The summed E-state index contributed by atoms with van der Waals surface area (Å²) in [5.74, 6) is 1.22. The summed E-state index contributed by atoms with van der Waals surface area (Å²) in [5, 5.41) is 3.86. The van der Waals surface area contributed by atoms with E-state index in [0.29, 0.717) is 45.9 Å². The maximum atomic E-state index is 12.9. The van der Waals surface area contributed by atoms with Gasteiger partial charge in [0.2, 0.25) is 0 Å². The fourth-order valence-corrected chi connectivity index (χ4v) is 4.59. The SMILES string of the molecule is CC[C@]1(C)CC(=O)c2c(ccc3oc(C(=O)N[C@H]4CCCC[C@@H]4C)c(C)c23)O1. The van der Waals surface area contributed by atoms with Crippen molar-refractivity contribution in [2.75, 3.05) is 0 Å². The Kier molecular flexibility index (Phi) is 4.72. The van der Waals surface area contributed by atoms with E-state index in [-0.39, 0.29) is 17.7 Å². The number of hydrogen-bond acceptors (Lipinski definition) is 4. The second kappa shape index (κ2) is 6.94. The number of Topliss-reactive ketones (excluding diaryl/α,β-unsaturated/α-hetero) is 1. The zero-order valence-electron chi connectivity index (χ0n) is 17.2. The number of benzene rings is 1. The van der Waals surface area contributed by atoms with Crippen LogP contribution in [0.2, 0.25) is 0 Å². The molecule has 1 saturated carbocycles. The van der Waals surface area contributed by atoms with Crippen molar-refractivity contribution in [3.05, 3.63) is 29.0 Å². The lowest BCUT2D eigenvalue weighted by atomic mass is 9.86. The van der Waals surface area contributed by atoms with E-state index in [1.54, 1.807) is 12.1 Å². The lowest BCUT2D eigenvalue weighted by Crippen LogP contribution is -2.41. The summed E-state index contributed by atoms with van der Waals surface area (Å²) in [4.78, 5) is 25.9. The van der Waals surface area contributed by atoms with Crippen molar-refractivity contribution in [1.29, 1.82) is 0 Å². The number of hydrogen-bond donors (Lipinski definition) is 1. The van der Waals surface area contributed by atoms with Crippen LogP contribution in [-0.4, -0.2) is 23.3 Å². The molecule has 5 heteroatoms. The molecule has 0 saturated heterocycles. The Hall–Kier alpha value is -2.30. The number of aryl methyl sites for hydroxylation is 1. The average molecular weight is 383 g/mol. The molecule has 1 aliphatic carbocycles. The Labute approximate surface area is 165 Å². The van der Waals surface area contributed by atoms with Crippen LogP contribution in [0.4, 0.5) is 0 Å². The molecule has 4 rings (SSSR count). The minimum atomic E-state index is -0.479. The summed E-state index contributed by atoms with van der Waals surface area (Å²) in [7, 11) is 0. The molecule has 1 N–H and O–H groups in total. The van der Waals surface area contributed by atoms with Crippen molar-refractivity contribution in [3.63, 3.8) is 0 Å². The Balaban J connectivity index is 1.71. The first-order valence-electron chi connectivity index (χ1n) is 10.4. The predicted molar refractivity (Wildman–Crippen MR) is 108 cm³/mol. The summed E-state index contributed by atoms with van der Waals surface area (Å²) in [5.41, 5.74) is 1.35. The second-order valence-corrected chi connectivity index (χ2v) is 8.72. The van der Waals surface area contributed by atoms with Crippen molar-refractivity contribution in [3.8, 4) is 5.75 Å². The highest BCUT2D eigenvalue weighted by Crippen LogP contribution is 2.41. The van der Waals surface area contributed by atoms with Gasteiger partial charge in [-0.3, -0.25) is 9.59 Å². The first-order chi connectivity index (χ1) is 13.3. The minimum absolute atomic E-state index is 0.0490. The normalized spacial score (nSPS) is 27.4. The van der Waals surface area contributed by atoms with Gasteiger partial charge < -0.3 is 14.5 Å². The smallest absolute Gasteiger partial charge is 0.287 e. The minimum Gasteiger partial charge on any atom is -0.486 e. The van der Waals surface area contributed by atoms with Crippen molar-refractivity contribution < 1.29 is 18.7 Å². The van der Waals surface area contributed by atoms with Gasteiger partial charge in [-0.1, -0.05) is 26.7 Å². The van der Waals surface area contributed by atoms with Crippen LogP contribution < -0.4 is 10.1 Å². The molecule has 28 heavy (non-hydrogen) atoms. The molecular weight excluding hydrogens is 354 g/mol. The van der Waals surface area contributed by atoms with Crippen LogP contribution in [-0.2, 0) is 0 Å². The average Bonchev–Trinajstić information content (AvgIpc) is 3.00. The topological polar surface area (TPSA) is 68.5 Å². The van der Waals surface area contributed by atoms with Gasteiger partial charge in [0.25, 0.3) is 5.91 Å². The molecule has 1 amide bonds. The third-order valence-corrected chi connectivity index (χ3v) is 6.61. The first-order valence-corrected chi connectivity index (χ1v) is 10.4. The number of rotatable bonds is 3. The van der Waals surface area contributed by atoms with Crippen LogP contribution in [0.1, 0.15) is 85.8 Å². The summed E-state index contributed by atoms with van der Waals surface area (Å²) in [6, 6.07) is 3.77. The molecule has 2 aromatic rings. The molecule has 2 heterocycles. The van der Waals surface area contributed by atoms with Crippen molar-refractivity contribution >= 4 is 22.7 Å². The van der Waals surface area contributed by atoms with E-state index < -0.39 is 5.60 Å². The molecule has 0 spiro atoms. The standard InChI is InChI=1S/C23H29NO4/c1-5-23(4)12-16(25)20-18(28-23)11-10-17-19(20)14(3)21(27-17)22(26)24-15-9-7-6-8-13(15)2/h10-11,13,15H,5-9,12H2,1-4H3,(H,24,26)/t13-,15-,23+/m0/s1. The van der Waals surface area contributed by atoms with E-state index >= 15 is 0 Å². The fraction of sp³-hybridized carbons (Fsp3) is 0.565. The highest BCUT2D eigenvalue weighted by atomic mass is 16.5. The van der Waals surface area contributed by atoms with Gasteiger partial charge in [-0.25, -0.2) is 0 Å². The van der Waals surface area contributed by atoms with Gasteiger partial charge in [0.1, 0.15) is 16.9 Å². The van der Waals surface area contributed by atoms with Crippen LogP contribution in [0.25, 0.3) is 11.0 Å². The van der Waals surface area contributed by atoms with Crippen LogP contribution in [0, 0.1) is 12.8 Å². The number of furan rings is 1. The van der Waals surface area contributed by atoms with Gasteiger partial charge in [0.05, 0.1) is 12.0 Å². The van der Waals surface area contributed by atoms with Gasteiger partial charge in [0, 0.05) is 17.0 Å². The number of ketones is 1. The number of ether oxygens (including phenoxy) is 1. The molecule has 5 nitrogen and oxygen atoms in total. The maximum absolute atomic E-state index is 12.9. The van der Waals surface area contributed by atoms with Gasteiger partial charge in [-0.05, 0) is 51.2 Å². The monoisotopic (exact) mass is 383 g/mol. The lowest BCUT2D eigenvalue weighted by Gasteiger charge is -2.34. The summed E-state index contributed by atoms with van der Waals surface area (Å²) in [6.45, 7) is 8.03.